The number of carbonyl (C=O) groups excluding carboxylic acids is 1. The molecular weight excluding hydrogens is 324 g/mol. The summed E-state index contributed by atoms with van der Waals surface area (Å²) in [5.41, 5.74) is 0.971. The molecular formula is C18H26N2O3S. The number of carbonyl (C=O) groups is 1. The van der Waals surface area contributed by atoms with Crippen LogP contribution in [0.5, 0.6) is 0 Å². The molecule has 2 fully saturated rings. The largest absolute Gasteiger partial charge is 0.333 e. The maximum atomic E-state index is 12.4. The zero-order valence-electron chi connectivity index (χ0n) is 14.3. The molecule has 1 aromatic carbocycles. The maximum Gasteiger partial charge on any atom is 0.223 e. The average Bonchev–Trinajstić information content (AvgIpc) is 2.86. The van der Waals surface area contributed by atoms with Gasteiger partial charge in [0.15, 0.2) is 0 Å². The van der Waals surface area contributed by atoms with Crippen molar-refractivity contribution in [2.24, 2.45) is 0 Å². The fourth-order valence-electron chi connectivity index (χ4n) is 3.98. The van der Waals surface area contributed by atoms with Crippen LogP contribution < -0.4 is 0 Å². The molecule has 1 spiro atoms. The van der Waals surface area contributed by atoms with E-state index in [0.29, 0.717) is 32.5 Å². The van der Waals surface area contributed by atoms with Crippen molar-refractivity contribution in [2.75, 3.05) is 18.8 Å². The first kappa shape index (κ1) is 17.4. The van der Waals surface area contributed by atoms with Crippen LogP contribution >= 0.6 is 0 Å². The van der Waals surface area contributed by atoms with Gasteiger partial charge in [0.2, 0.25) is 15.9 Å². The Kier molecular flexibility index (Phi) is 4.97. The van der Waals surface area contributed by atoms with E-state index in [1.54, 1.807) is 4.31 Å². The first-order chi connectivity index (χ1) is 11.5. The van der Waals surface area contributed by atoms with E-state index >= 15 is 0 Å². The second-order valence-electron chi connectivity index (χ2n) is 6.90. The fraction of sp³-hybridized carbons (Fsp3) is 0.611. The van der Waals surface area contributed by atoms with Crippen molar-refractivity contribution in [3.05, 3.63) is 35.9 Å². The van der Waals surface area contributed by atoms with Crippen LogP contribution in [0, 0.1) is 0 Å². The van der Waals surface area contributed by atoms with E-state index < -0.39 is 10.0 Å². The minimum absolute atomic E-state index is 0.162. The Balaban J connectivity index is 1.72. The average molecular weight is 350 g/mol. The number of sulfonamides is 1. The molecule has 0 unspecified atom stereocenters. The van der Waals surface area contributed by atoms with Gasteiger partial charge >= 0.3 is 0 Å². The first-order valence-electron chi connectivity index (χ1n) is 8.79. The van der Waals surface area contributed by atoms with Crippen LogP contribution in [-0.2, 0) is 21.4 Å². The van der Waals surface area contributed by atoms with Gasteiger partial charge in [-0.25, -0.2) is 12.7 Å². The summed E-state index contributed by atoms with van der Waals surface area (Å²) in [6, 6.07) is 10.0. The highest BCUT2D eigenvalue weighted by molar-refractivity contribution is 7.89. The van der Waals surface area contributed by atoms with E-state index in [2.05, 4.69) is 0 Å². The number of rotatable bonds is 5. The van der Waals surface area contributed by atoms with Gasteiger partial charge in [0.25, 0.3) is 0 Å². The highest BCUT2D eigenvalue weighted by atomic mass is 32.2. The van der Waals surface area contributed by atoms with E-state index in [1.807, 2.05) is 42.2 Å². The van der Waals surface area contributed by atoms with Crippen molar-refractivity contribution in [1.82, 2.24) is 9.21 Å². The standard InChI is InChI=1S/C18H26N2O3S/c1-2-14-24(22,23)19-12-10-18(11-13-19)9-8-17(21)20(18)15-16-6-4-3-5-7-16/h3-7H,2,8-15H2,1H3. The Morgan fingerprint density at radius 1 is 1.08 bits per heavy atom. The van der Waals surface area contributed by atoms with Crippen LogP contribution in [-0.4, -0.2) is 47.9 Å². The Hall–Kier alpha value is -1.40. The van der Waals surface area contributed by atoms with Crippen molar-refractivity contribution in [3.8, 4) is 0 Å². The molecule has 1 amide bonds. The molecule has 0 aliphatic carbocycles. The highest BCUT2D eigenvalue weighted by Gasteiger charge is 2.47. The third-order valence-electron chi connectivity index (χ3n) is 5.37. The third-order valence-corrected chi connectivity index (χ3v) is 7.45. The molecule has 1 aromatic rings. The number of hydrogen-bond acceptors (Lipinski definition) is 3. The summed E-state index contributed by atoms with van der Waals surface area (Å²) in [4.78, 5) is 14.4. The van der Waals surface area contributed by atoms with Crippen molar-refractivity contribution in [2.45, 2.75) is 51.1 Å². The summed E-state index contributed by atoms with van der Waals surface area (Å²) in [6.45, 7) is 3.57. The van der Waals surface area contributed by atoms with Crippen LogP contribution in [0.25, 0.3) is 0 Å². The topological polar surface area (TPSA) is 57.7 Å². The zero-order valence-corrected chi connectivity index (χ0v) is 15.1. The number of likely N-dealkylation sites (tertiary alicyclic amines) is 1. The Morgan fingerprint density at radius 3 is 2.38 bits per heavy atom. The fourth-order valence-corrected chi connectivity index (χ4v) is 5.50. The monoisotopic (exact) mass is 350 g/mol. The molecule has 0 radical (unpaired) electrons. The minimum Gasteiger partial charge on any atom is -0.333 e. The molecule has 2 heterocycles. The van der Waals surface area contributed by atoms with Crippen molar-refractivity contribution < 1.29 is 13.2 Å². The molecule has 2 aliphatic rings. The van der Waals surface area contributed by atoms with Gasteiger partial charge in [-0.15, -0.1) is 0 Å². The SMILES string of the molecule is CCCS(=O)(=O)N1CCC2(CCC(=O)N2Cc2ccccc2)CC1. The second kappa shape index (κ2) is 6.84. The van der Waals surface area contributed by atoms with Crippen LogP contribution in [0.2, 0.25) is 0 Å². The van der Waals surface area contributed by atoms with E-state index in [1.165, 1.54) is 0 Å². The molecule has 132 valence electrons. The number of benzene rings is 1. The number of hydrogen-bond donors (Lipinski definition) is 0. The predicted molar refractivity (Wildman–Crippen MR) is 93.8 cm³/mol. The minimum atomic E-state index is -3.14. The smallest absolute Gasteiger partial charge is 0.223 e. The van der Waals surface area contributed by atoms with Gasteiger partial charge in [0, 0.05) is 31.6 Å². The molecule has 0 saturated carbocycles. The maximum absolute atomic E-state index is 12.4. The molecule has 0 atom stereocenters. The van der Waals surface area contributed by atoms with Crippen molar-refractivity contribution >= 4 is 15.9 Å². The summed E-state index contributed by atoms with van der Waals surface area (Å²) >= 11 is 0. The van der Waals surface area contributed by atoms with Crippen LogP contribution in [0.1, 0.15) is 44.6 Å². The van der Waals surface area contributed by atoms with E-state index in [4.69, 9.17) is 0 Å². The zero-order chi connectivity index (χ0) is 17.2. The lowest BCUT2D eigenvalue weighted by Crippen LogP contribution is -2.54. The summed E-state index contributed by atoms with van der Waals surface area (Å²) in [5.74, 6) is 0.413. The Bertz CT molecular complexity index is 679. The van der Waals surface area contributed by atoms with Gasteiger partial charge in [-0.05, 0) is 31.2 Å². The van der Waals surface area contributed by atoms with Gasteiger partial charge in [0.05, 0.1) is 5.75 Å². The van der Waals surface area contributed by atoms with Crippen LogP contribution in [0.3, 0.4) is 0 Å². The van der Waals surface area contributed by atoms with Gasteiger partial charge in [-0.3, -0.25) is 4.79 Å². The third kappa shape index (κ3) is 3.35. The summed E-state index contributed by atoms with van der Waals surface area (Å²) in [7, 11) is -3.14. The molecule has 2 aliphatic heterocycles. The van der Waals surface area contributed by atoms with Crippen molar-refractivity contribution in [3.63, 3.8) is 0 Å². The summed E-state index contributed by atoms with van der Waals surface area (Å²) in [6.07, 6.45) is 3.56. The predicted octanol–water partition coefficient (Wildman–Crippen LogP) is 2.38. The Morgan fingerprint density at radius 2 is 1.75 bits per heavy atom. The normalized spacial score (nSPS) is 21.5. The van der Waals surface area contributed by atoms with E-state index in [9.17, 15) is 13.2 Å². The van der Waals surface area contributed by atoms with Crippen LogP contribution in [0.15, 0.2) is 30.3 Å². The second-order valence-corrected chi connectivity index (χ2v) is 8.99. The molecule has 6 heteroatoms. The van der Waals surface area contributed by atoms with E-state index in [-0.39, 0.29) is 17.2 Å². The van der Waals surface area contributed by atoms with Crippen LogP contribution in [0.4, 0.5) is 0 Å². The molecule has 24 heavy (non-hydrogen) atoms. The molecule has 3 rings (SSSR count). The molecule has 0 aromatic heterocycles. The number of piperidine rings is 1. The molecule has 2 saturated heterocycles. The van der Waals surface area contributed by atoms with Gasteiger partial charge < -0.3 is 4.90 Å². The Labute approximate surface area is 144 Å². The van der Waals surface area contributed by atoms with E-state index in [0.717, 1.165) is 24.8 Å². The van der Waals surface area contributed by atoms with Gasteiger partial charge in [-0.2, -0.15) is 0 Å². The quantitative estimate of drug-likeness (QED) is 0.819. The first-order valence-corrected chi connectivity index (χ1v) is 10.4. The molecule has 5 nitrogen and oxygen atoms in total. The van der Waals surface area contributed by atoms with Crippen molar-refractivity contribution in [1.29, 1.82) is 0 Å². The highest BCUT2D eigenvalue weighted by Crippen LogP contribution is 2.40. The lowest BCUT2D eigenvalue weighted by Gasteiger charge is -2.44. The molecule has 0 N–H and O–H groups in total. The summed E-state index contributed by atoms with van der Waals surface area (Å²) < 4.78 is 26.2. The number of amides is 1. The summed E-state index contributed by atoms with van der Waals surface area (Å²) in [5, 5.41) is 0. The number of nitrogens with zero attached hydrogens (tertiary/aromatic N) is 2. The lowest BCUT2D eigenvalue weighted by molar-refractivity contribution is -0.133. The molecule has 0 bridgehead atoms. The lowest BCUT2D eigenvalue weighted by atomic mass is 9.85. The van der Waals surface area contributed by atoms with Gasteiger partial charge in [0.1, 0.15) is 0 Å². The van der Waals surface area contributed by atoms with Gasteiger partial charge in [-0.1, -0.05) is 37.3 Å².